The molecule has 0 spiro atoms. The zero-order valence-corrected chi connectivity index (χ0v) is 16.6. The van der Waals surface area contributed by atoms with Gasteiger partial charge in [0.05, 0.1) is 11.3 Å². The standard InChI is InChI=1S/C20H32N2O4/c1-6-7-16(11-20(23)24)17-8-9-18(19(10-17)22(25)26)21(12-14(2)3)13-15(4)5/h8-10,14-16H,6-7,11-13H2,1-5H3,(H,23,24). The van der Waals surface area contributed by atoms with Crippen molar-refractivity contribution < 1.29 is 14.8 Å². The van der Waals surface area contributed by atoms with Gasteiger partial charge in [-0.2, -0.15) is 0 Å². The molecule has 1 atom stereocenters. The summed E-state index contributed by atoms with van der Waals surface area (Å²) in [6.45, 7) is 11.9. The monoisotopic (exact) mass is 364 g/mol. The van der Waals surface area contributed by atoms with Gasteiger partial charge in [-0.15, -0.1) is 0 Å². The molecule has 1 aromatic carbocycles. The van der Waals surface area contributed by atoms with Gasteiger partial charge in [-0.1, -0.05) is 47.1 Å². The van der Waals surface area contributed by atoms with E-state index in [0.29, 0.717) is 23.9 Å². The van der Waals surface area contributed by atoms with E-state index in [2.05, 4.69) is 32.6 Å². The van der Waals surface area contributed by atoms with Crippen molar-refractivity contribution in [1.82, 2.24) is 0 Å². The molecule has 0 radical (unpaired) electrons. The number of carboxylic acids is 1. The molecule has 0 aliphatic carbocycles. The number of benzene rings is 1. The van der Waals surface area contributed by atoms with Crippen LogP contribution >= 0.6 is 0 Å². The topological polar surface area (TPSA) is 83.7 Å². The van der Waals surface area contributed by atoms with Crippen LogP contribution in [0.15, 0.2) is 18.2 Å². The van der Waals surface area contributed by atoms with E-state index < -0.39 is 5.97 Å². The lowest BCUT2D eigenvalue weighted by Gasteiger charge is -2.28. The van der Waals surface area contributed by atoms with Gasteiger partial charge >= 0.3 is 5.97 Å². The summed E-state index contributed by atoms with van der Waals surface area (Å²) >= 11 is 0. The number of carboxylic acid groups (broad SMARTS) is 1. The zero-order chi connectivity index (χ0) is 19.9. The fraction of sp³-hybridized carbons (Fsp3) is 0.650. The molecule has 0 saturated carbocycles. The quantitative estimate of drug-likeness (QED) is 0.438. The van der Waals surface area contributed by atoms with Crippen molar-refractivity contribution >= 4 is 17.3 Å². The van der Waals surface area contributed by atoms with Gasteiger partial charge in [0.1, 0.15) is 5.69 Å². The van der Waals surface area contributed by atoms with Crippen LogP contribution in [0.1, 0.15) is 65.4 Å². The van der Waals surface area contributed by atoms with E-state index in [1.165, 1.54) is 0 Å². The molecule has 0 heterocycles. The van der Waals surface area contributed by atoms with Gasteiger partial charge in [0.2, 0.25) is 0 Å². The number of aliphatic carboxylic acids is 1. The molecule has 6 heteroatoms. The number of hydrogen-bond donors (Lipinski definition) is 1. The maximum absolute atomic E-state index is 11.7. The Hall–Kier alpha value is -2.11. The molecule has 0 fully saturated rings. The molecule has 0 aliphatic rings. The van der Waals surface area contributed by atoms with Crippen LogP contribution in [0.2, 0.25) is 0 Å². The SMILES string of the molecule is CCCC(CC(=O)O)c1ccc(N(CC(C)C)CC(C)C)c([N+](=O)[O-])c1. The Bertz CT molecular complexity index is 604. The van der Waals surface area contributed by atoms with Crippen molar-refractivity contribution in [1.29, 1.82) is 0 Å². The van der Waals surface area contributed by atoms with Gasteiger partial charge in [-0.05, 0) is 35.8 Å². The number of nitrogens with zero attached hydrogens (tertiary/aromatic N) is 2. The molecular formula is C20H32N2O4. The van der Waals surface area contributed by atoms with Crippen molar-refractivity contribution in [2.75, 3.05) is 18.0 Å². The lowest BCUT2D eigenvalue weighted by Crippen LogP contribution is -2.31. The molecule has 0 amide bonds. The van der Waals surface area contributed by atoms with Gasteiger partial charge in [0.15, 0.2) is 0 Å². The summed E-state index contributed by atoms with van der Waals surface area (Å²) in [5.74, 6) is -0.314. The maximum atomic E-state index is 11.7. The third-order valence-corrected chi connectivity index (χ3v) is 4.24. The number of nitro benzene ring substituents is 1. The predicted molar refractivity (Wildman–Crippen MR) is 105 cm³/mol. The Morgan fingerprint density at radius 1 is 1.19 bits per heavy atom. The Balaban J connectivity index is 3.32. The lowest BCUT2D eigenvalue weighted by atomic mass is 9.90. The minimum atomic E-state index is -0.878. The summed E-state index contributed by atoms with van der Waals surface area (Å²) in [6.07, 6.45) is 1.52. The third-order valence-electron chi connectivity index (χ3n) is 4.24. The molecule has 6 nitrogen and oxygen atoms in total. The molecule has 1 rings (SSSR count). The van der Waals surface area contributed by atoms with E-state index in [1.54, 1.807) is 12.1 Å². The first-order valence-electron chi connectivity index (χ1n) is 9.40. The van der Waals surface area contributed by atoms with E-state index in [9.17, 15) is 14.9 Å². The minimum Gasteiger partial charge on any atom is -0.481 e. The van der Waals surface area contributed by atoms with Crippen LogP contribution in [0.4, 0.5) is 11.4 Å². The molecule has 0 saturated heterocycles. The summed E-state index contributed by atoms with van der Waals surface area (Å²) < 4.78 is 0. The maximum Gasteiger partial charge on any atom is 0.303 e. The highest BCUT2D eigenvalue weighted by atomic mass is 16.6. The second-order valence-electron chi connectivity index (χ2n) is 7.78. The van der Waals surface area contributed by atoms with Crippen LogP contribution in [-0.4, -0.2) is 29.1 Å². The fourth-order valence-corrected chi connectivity index (χ4v) is 3.31. The highest BCUT2D eigenvalue weighted by Gasteiger charge is 2.24. The predicted octanol–water partition coefficient (Wildman–Crippen LogP) is 5.07. The van der Waals surface area contributed by atoms with Crippen LogP contribution in [0.5, 0.6) is 0 Å². The van der Waals surface area contributed by atoms with Gasteiger partial charge in [-0.3, -0.25) is 14.9 Å². The molecule has 1 unspecified atom stereocenters. The number of nitro groups is 1. The summed E-state index contributed by atoms with van der Waals surface area (Å²) in [6, 6.07) is 5.23. The first kappa shape index (κ1) is 21.9. The smallest absolute Gasteiger partial charge is 0.303 e. The van der Waals surface area contributed by atoms with Crippen molar-refractivity contribution in [2.24, 2.45) is 11.8 Å². The number of anilines is 1. The summed E-state index contributed by atoms with van der Waals surface area (Å²) in [4.78, 5) is 24.6. The number of carbonyl (C=O) groups is 1. The van der Waals surface area contributed by atoms with Crippen LogP contribution < -0.4 is 4.90 Å². The average Bonchev–Trinajstić information content (AvgIpc) is 2.52. The molecular weight excluding hydrogens is 332 g/mol. The van der Waals surface area contributed by atoms with E-state index in [-0.39, 0.29) is 22.9 Å². The first-order valence-corrected chi connectivity index (χ1v) is 9.40. The van der Waals surface area contributed by atoms with Gasteiger partial charge in [0.25, 0.3) is 5.69 Å². The first-order chi connectivity index (χ1) is 12.1. The summed E-state index contributed by atoms with van der Waals surface area (Å²) in [7, 11) is 0. The average molecular weight is 364 g/mol. The van der Waals surface area contributed by atoms with Crippen LogP contribution in [0.25, 0.3) is 0 Å². The Labute approximate surface area is 156 Å². The van der Waals surface area contributed by atoms with Crippen LogP contribution in [0, 0.1) is 22.0 Å². The number of hydrogen-bond acceptors (Lipinski definition) is 4. The highest BCUT2D eigenvalue weighted by Crippen LogP contribution is 2.35. The van der Waals surface area contributed by atoms with Crippen LogP contribution in [0.3, 0.4) is 0 Å². The lowest BCUT2D eigenvalue weighted by molar-refractivity contribution is -0.384. The van der Waals surface area contributed by atoms with Gasteiger partial charge < -0.3 is 10.0 Å². The van der Waals surface area contributed by atoms with Crippen LogP contribution in [-0.2, 0) is 4.79 Å². The van der Waals surface area contributed by atoms with E-state index in [1.807, 2.05) is 13.0 Å². The van der Waals surface area contributed by atoms with Crippen molar-refractivity contribution in [3.05, 3.63) is 33.9 Å². The highest BCUT2D eigenvalue weighted by molar-refractivity contribution is 5.69. The van der Waals surface area contributed by atoms with Crippen molar-refractivity contribution in [3.8, 4) is 0 Å². The molecule has 146 valence electrons. The summed E-state index contributed by atoms with van der Waals surface area (Å²) in [5, 5.41) is 20.9. The normalized spacial score (nSPS) is 12.4. The van der Waals surface area contributed by atoms with Gasteiger partial charge in [-0.25, -0.2) is 0 Å². The fourth-order valence-electron chi connectivity index (χ4n) is 3.31. The largest absolute Gasteiger partial charge is 0.481 e. The number of rotatable bonds is 11. The Kier molecular flexibility index (Phi) is 8.55. The van der Waals surface area contributed by atoms with E-state index in [4.69, 9.17) is 5.11 Å². The molecule has 0 aliphatic heterocycles. The van der Waals surface area contributed by atoms with Crippen molar-refractivity contribution in [2.45, 2.75) is 59.8 Å². The molecule has 1 N–H and O–H groups in total. The van der Waals surface area contributed by atoms with Gasteiger partial charge in [0, 0.05) is 19.2 Å². The van der Waals surface area contributed by atoms with Crippen molar-refractivity contribution in [3.63, 3.8) is 0 Å². The Morgan fingerprint density at radius 2 is 1.77 bits per heavy atom. The molecule has 0 aromatic heterocycles. The molecule has 26 heavy (non-hydrogen) atoms. The molecule has 0 bridgehead atoms. The van der Waals surface area contributed by atoms with E-state index in [0.717, 1.165) is 25.1 Å². The second-order valence-corrected chi connectivity index (χ2v) is 7.78. The minimum absolute atomic E-state index is 0.00789. The van der Waals surface area contributed by atoms with E-state index >= 15 is 0 Å². The third kappa shape index (κ3) is 6.65. The molecule has 1 aromatic rings. The zero-order valence-electron chi connectivity index (χ0n) is 16.6. The Morgan fingerprint density at radius 3 is 2.19 bits per heavy atom. The summed E-state index contributed by atoms with van der Waals surface area (Å²) in [5.41, 5.74) is 1.42. The second kappa shape index (κ2) is 10.1.